The van der Waals surface area contributed by atoms with Gasteiger partial charge < -0.3 is 11.1 Å². The van der Waals surface area contributed by atoms with E-state index in [0.717, 1.165) is 29.2 Å². The third-order valence-corrected chi connectivity index (χ3v) is 3.60. The summed E-state index contributed by atoms with van der Waals surface area (Å²) in [6, 6.07) is 13.3. The van der Waals surface area contributed by atoms with Crippen molar-refractivity contribution in [2.24, 2.45) is 5.73 Å². The zero-order valence-electron chi connectivity index (χ0n) is 10.7. The number of rotatable bonds is 5. The van der Waals surface area contributed by atoms with E-state index < -0.39 is 0 Å². The van der Waals surface area contributed by atoms with Gasteiger partial charge in [0.25, 0.3) is 0 Å². The van der Waals surface area contributed by atoms with Gasteiger partial charge in [0, 0.05) is 27.8 Å². The van der Waals surface area contributed by atoms with Gasteiger partial charge in [-0.05, 0) is 42.3 Å². The largest absolute Gasteiger partial charge is 0.389 e. The van der Waals surface area contributed by atoms with Crippen LogP contribution in [0.3, 0.4) is 0 Å². The van der Waals surface area contributed by atoms with Crippen molar-refractivity contribution >= 4 is 46.1 Å². The minimum Gasteiger partial charge on any atom is -0.389 e. The van der Waals surface area contributed by atoms with Gasteiger partial charge in [0.2, 0.25) is 0 Å². The summed E-state index contributed by atoms with van der Waals surface area (Å²) in [4.78, 5) is 0.335. The van der Waals surface area contributed by atoms with Gasteiger partial charge in [-0.3, -0.25) is 0 Å². The highest BCUT2D eigenvalue weighted by atomic mass is 35.5. The molecule has 0 aliphatic rings. The number of hydrogen-bond donors (Lipinski definition) is 2. The Kier molecular flexibility index (Phi) is 5.24. The van der Waals surface area contributed by atoms with Gasteiger partial charge in [0.15, 0.2) is 0 Å². The van der Waals surface area contributed by atoms with E-state index in [1.807, 2.05) is 36.4 Å². The maximum Gasteiger partial charge on any atom is 0.106 e. The van der Waals surface area contributed by atoms with Crippen molar-refractivity contribution in [3.8, 4) is 0 Å². The van der Waals surface area contributed by atoms with Gasteiger partial charge in [0.05, 0.1) is 0 Å². The molecule has 0 bridgehead atoms. The Morgan fingerprint density at radius 1 is 1.05 bits per heavy atom. The van der Waals surface area contributed by atoms with Crippen molar-refractivity contribution in [3.63, 3.8) is 0 Å². The minimum atomic E-state index is 0.335. The Hall–Kier alpha value is -1.29. The Labute approximate surface area is 133 Å². The molecule has 0 aromatic heterocycles. The highest BCUT2D eigenvalue weighted by molar-refractivity contribution is 7.80. The van der Waals surface area contributed by atoms with Crippen molar-refractivity contribution in [1.82, 2.24) is 0 Å². The van der Waals surface area contributed by atoms with Crippen LogP contribution in [0.25, 0.3) is 0 Å². The number of anilines is 1. The minimum absolute atomic E-state index is 0.335. The molecule has 2 aromatic rings. The number of halogens is 2. The molecule has 2 rings (SSSR count). The summed E-state index contributed by atoms with van der Waals surface area (Å²) in [7, 11) is 0. The van der Waals surface area contributed by atoms with E-state index in [1.165, 1.54) is 5.56 Å². The molecule has 0 heterocycles. The van der Waals surface area contributed by atoms with Crippen molar-refractivity contribution < 1.29 is 0 Å². The predicted molar refractivity (Wildman–Crippen MR) is 91.0 cm³/mol. The van der Waals surface area contributed by atoms with Crippen LogP contribution in [0, 0.1) is 0 Å². The molecule has 0 fully saturated rings. The molecule has 0 amide bonds. The van der Waals surface area contributed by atoms with Crippen molar-refractivity contribution in [1.29, 1.82) is 0 Å². The number of thiocarbonyl (C=S) groups is 1. The maximum atomic E-state index is 5.95. The van der Waals surface area contributed by atoms with Gasteiger partial charge in [0.1, 0.15) is 4.99 Å². The molecule has 0 unspecified atom stereocenters. The average molecular weight is 325 g/mol. The fourth-order valence-electron chi connectivity index (χ4n) is 1.87. The van der Waals surface area contributed by atoms with E-state index in [9.17, 15) is 0 Å². The first-order valence-corrected chi connectivity index (χ1v) is 7.30. The molecule has 20 heavy (non-hydrogen) atoms. The Morgan fingerprint density at radius 3 is 2.35 bits per heavy atom. The summed E-state index contributed by atoms with van der Waals surface area (Å²) >= 11 is 16.8. The predicted octanol–water partition coefficient (Wildman–Crippen LogP) is 4.28. The lowest BCUT2D eigenvalue weighted by Gasteiger charge is -2.11. The molecule has 0 saturated carbocycles. The standard InChI is InChI=1S/C15H14Cl2N2S/c16-11-3-1-10(2-4-11)7-8-19-14-6-5-12(17)9-13(14)15(18)20/h1-6,9,19H,7-8H2,(H2,18,20). The van der Waals surface area contributed by atoms with E-state index in [-0.39, 0.29) is 0 Å². The SMILES string of the molecule is NC(=S)c1cc(Cl)ccc1NCCc1ccc(Cl)cc1. The van der Waals surface area contributed by atoms with Crippen LogP contribution < -0.4 is 11.1 Å². The van der Waals surface area contributed by atoms with Crippen LogP contribution in [0.2, 0.25) is 10.0 Å². The van der Waals surface area contributed by atoms with Crippen LogP contribution in [0.1, 0.15) is 11.1 Å². The zero-order valence-corrected chi connectivity index (χ0v) is 13.0. The van der Waals surface area contributed by atoms with E-state index in [0.29, 0.717) is 10.0 Å². The lowest BCUT2D eigenvalue weighted by molar-refractivity contribution is 1.02. The second-order valence-corrected chi connectivity index (χ2v) is 5.67. The third-order valence-electron chi connectivity index (χ3n) is 2.89. The molecule has 2 aromatic carbocycles. The van der Waals surface area contributed by atoms with E-state index in [2.05, 4.69) is 5.32 Å². The first kappa shape index (κ1) is 15.1. The summed E-state index contributed by atoms with van der Waals surface area (Å²) < 4.78 is 0. The monoisotopic (exact) mass is 324 g/mol. The molecule has 0 spiro atoms. The molecular formula is C15H14Cl2N2S. The fraction of sp³-hybridized carbons (Fsp3) is 0.133. The van der Waals surface area contributed by atoms with E-state index >= 15 is 0 Å². The lowest BCUT2D eigenvalue weighted by Crippen LogP contribution is -2.14. The number of benzene rings is 2. The molecule has 5 heteroatoms. The van der Waals surface area contributed by atoms with Crippen molar-refractivity contribution in [3.05, 3.63) is 63.6 Å². The smallest absolute Gasteiger partial charge is 0.106 e. The van der Waals surface area contributed by atoms with E-state index in [1.54, 1.807) is 6.07 Å². The number of hydrogen-bond acceptors (Lipinski definition) is 2. The Bertz CT molecular complexity index is 612. The first-order chi connectivity index (χ1) is 9.56. The molecule has 0 aliphatic carbocycles. The van der Waals surface area contributed by atoms with Crippen LogP contribution in [0.4, 0.5) is 5.69 Å². The third kappa shape index (κ3) is 4.10. The molecular weight excluding hydrogens is 311 g/mol. The van der Waals surface area contributed by atoms with Crippen molar-refractivity contribution in [2.45, 2.75) is 6.42 Å². The van der Waals surface area contributed by atoms with Crippen LogP contribution in [-0.2, 0) is 6.42 Å². The molecule has 0 radical (unpaired) electrons. The first-order valence-electron chi connectivity index (χ1n) is 6.14. The molecule has 0 saturated heterocycles. The average Bonchev–Trinajstić information content (AvgIpc) is 2.42. The van der Waals surface area contributed by atoms with Gasteiger partial charge in [-0.25, -0.2) is 0 Å². The summed E-state index contributed by atoms with van der Waals surface area (Å²) in [5.41, 5.74) is 8.58. The topological polar surface area (TPSA) is 38.0 Å². The van der Waals surface area contributed by atoms with Gasteiger partial charge >= 0.3 is 0 Å². The lowest BCUT2D eigenvalue weighted by atomic mass is 10.1. The van der Waals surface area contributed by atoms with Crippen molar-refractivity contribution in [2.75, 3.05) is 11.9 Å². The van der Waals surface area contributed by atoms with Crippen LogP contribution >= 0.6 is 35.4 Å². The quantitative estimate of drug-likeness (QED) is 0.806. The van der Waals surface area contributed by atoms with Gasteiger partial charge in [-0.2, -0.15) is 0 Å². The second kappa shape index (κ2) is 6.93. The number of nitrogens with one attached hydrogen (secondary N) is 1. The summed E-state index contributed by atoms with van der Waals surface area (Å²) in [5.74, 6) is 0. The molecule has 0 atom stereocenters. The summed E-state index contributed by atoms with van der Waals surface area (Å²) in [6.45, 7) is 0.777. The normalized spacial score (nSPS) is 10.3. The van der Waals surface area contributed by atoms with Gasteiger partial charge in [-0.1, -0.05) is 47.6 Å². The van der Waals surface area contributed by atoms with Crippen LogP contribution in [0.15, 0.2) is 42.5 Å². The summed E-state index contributed by atoms with van der Waals surface area (Å²) in [6.07, 6.45) is 0.885. The maximum absolute atomic E-state index is 5.95. The molecule has 2 nitrogen and oxygen atoms in total. The fourth-order valence-corrected chi connectivity index (χ4v) is 2.33. The molecule has 104 valence electrons. The highest BCUT2D eigenvalue weighted by Gasteiger charge is 2.05. The second-order valence-electron chi connectivity index (χ2n) is 4.36. The Morgan fingerprint density at radius 2 is 1.70 bits per heavy atom. The zero-order chi connectivity index (χ0) is 14.5. The van der Waals surface area contributed by atoms with Gasteiger partial charge in [-0.15, -0.1) is 0 Å². The molecule has 0 aliphatic heterocycles. The highest BCUT2D eigenvalue weighted by Crippen LogP contribution is 2.20. The van der Waals surface area contributed by atoms with Crippen LogP contribution in [-0.4, -0.2) is 11.5 Å². The van der Waals surface area contributed by atoms with E-state index in [4.69, 9.17) is 41.2 Å². The van der Waals surface area contributed by atoms with Crippen LogP contribution in [0.5, 0.6) is 0 Å². The summed E-state index contributed by atoms with van der Waals surface area (Å²) in [5, 5.41) is 4.69. The number of nitrogens with two attached hydrogens (primary N) is 1. The molecule has 3 N–H and O–H groups in total. The Balaban J connectivity index is 2.00.